The summed E-state index contributed by atoms with van der Waals surface area (Å²) in [6.07, 6.45) is 4.10. The zero-order valence-electron chi connectivity index (χ0n) is 11.6. The van der Waals surface area contributed by atoms with Crippen LogP contribution in [0.15, 0.2) is 12.4 Å². The average molecular weight is 264 g/mol. The molecule has 0 radical (unpaired) electrons. The number of rotatable bonds is 6. The molecule has 0 aliphatic rings. The second kappa shape index (κ2) is 7.45. The first kappa shape index (κ1) is 15.1. The van der Waals surface area contributed by atoms with Gasteiger partial charge in [-0.05, 0) is 20.3 Å². The van der Waals surface area contributed by atoms with E-state index in [9.17, 15) is 9.59 Å². The first-order valence-electron chi connectivity index (χ1n) is 6.39. The van der Waals surface area contributed by atoms with Gasteiger partial charge in [-0.3, -0.25) is 14.6 Å². The Hall–Kier alpha value is -1.98. The molecule has 0 aliphatic carbocycles. The lowest BCUT2D eigenvalue weighted by Gasteiger charge is -2.11. The molecule has 6 nitrogen and oxygen atoms in total. The van der Waals surface area contributed by atoms with E-state index >= 15 is 0 Å². The summed E-state index contributed by atoms with van der Waals surface area (Å²) in [4.78, 5) is 31.1. The zero-order chi connectivity index (χ0) is 14.3. The molecule has 19 heavy (non-hydrogen) atoms. The Morgan fingerprint density at radius 2 is 2.05 bits per heavy atom. The van der Waals surface area contributed by atoms with E-state index in [1.807, 2.05) is 13.8 Å². The van der Waals surface area contributed by atoms with Gasteiger partial charge in [0, 0.05) is 25.2 Å². The van der Waals surface area contributed by atoms with Crippen LogP contribution in [0.5, 0.6) is 0 Å². The summed E-state index contributed by atoms with van der Waals surface area (Å²) in [6, 6.07) is 0.158. The van der Waals surface area contributed by atoms with Crippen molar-refractivity contribution < 1.29 is 9.59 Å². The van der Waals surface area contributed by atoms with E-state index in [-0.39, 0.29) is 36.5 Å². The van der Waals surface area contributed by atoms with Crippen LogP contribution in [0.2, 0.25) is 0 Å². The van der Waals surface area contributed by atoms with Gasteiger partial charge in [-0.2, -0.15) is 0 Å². The molecule has 0 saturated carbocycles. The Morgan fingerprint density at radius 1 is 1.32 bits per heavy atom. The Morgan fingerprint density at radius 3 is 2.63 bits per heavy atom. The second-order valence-electron chi connectivity index (χ2n) is 4.43. The maximum absolute atomic E-state index is 11.7. The first-order chi connectivity index (χ1) is 9.02. The molecule has 0 bridgehead atoms. The molecular formula is C13H20N4O2. The fraction of sp³-hybridized carbons (Fsp3) is 0.538. The zero-order valence-corrected chi connectivity index (χ0v) is 11.6. The van der Waals surface area contributed by atoms with Crippen LogP contribution in [0.4, 0.5) is 0 Å². The summed E-state index contributed by atoms with van der Waals surface area (Å²) in [7, 11) is 0. The smallest absolute Gasteiger partial charge is 0.271 e. The molecule has 1 unspecified atom stereocenters. The van der Waals surface area contributed by atoms with Gasteiger partial charge in [-0.25, -0.2) is 4.98 Å². The first-order valence-corrected chi connectivity index (χ1v) is 6.39. The molecule has 1 aromatic rings. The molecular weight excluding hydrogens is 244 g/mol. The van der Waals surface area contributed by atoms with Gasteiger partial charge >= 0.3 is 0 Å². The average Bonchev–Trinajstić information content (AvgIpc) is 2.39. The monoisotopic (exact) mass is 264 g/mol. The minimum absolute atomic E-state index is 0.0651. The van der Waals surface area contributed by atoms with E-state index < -0.39 is 0 Å². The van der Waals surface area contributed by atoms with Gasteiger partial charge in [0.1, 0.15) is 5.69 Å². The number of nitrogens with one attached hydrogen (secondary N) is 2. The Balaban J connectivity index is 2.31. The SMILES string of the molecule is CCC(C)NC(=O)CCNC(=O)c1cnc(C)cn1. The predicted molar refractivity (Wildman–Crippen MR) is 71.6 cm³/mol. The van der Waals surface area contributed by atoms with Crippen LogP contribution >= 0.6 is 0 Å². The third kappa shape index (κ3) is 5.46. The number of carbonyl (C=O) groups is 2. The minimum atomic E-state index is -0.316. The molecule has 0 spiro atoms. The topological polar surface area (TPSA) is 84.0 Å². The molecule has 1 atom stereocenters. The summed E-state index contributed by atoms with van der Waals surface area (Å²) in [5.74, 6) is -0.381. The van der Waals surface area contributed by atoms with Crippen LogP contribution in [-0.4, -0.2) is 34.4 Å². The third-order valence-corrected chi connectivity index (χ3v) is 2.67. The van der Waals surface area contributed by atoms with Crippen LogP contribution in [-0.2, 0) is 4.79 Å². The highest BCUT2D eigenvalue weighted by Crippen LogP contribution is 1.94. The third-order valence-electron chi connectivity index (χ3n) is 2.67. The van der Waals surface area contributed by atoms with Crippen molar-refractivity contribution in [3.05, 3.63) is 23.8 Å². The van der Waals surface area contributed by atoms with Crippen LogP contribution in [0.1, 0.15) is 42.9 Å². The van der Waals surface area contributed by atoms with Crippen LogP contribution in [0.3, 0.4) is 0 Å². The highest BCUT2D eigenvalue weighted by Gasteiger charge is 2.09. The number of nitrogens with zero attached hydrogens (tertiary/aromatic N) is 2. The highest BCUT2D eigenvalue weighted by molar-refractivity contribution is 5.92. The van der Waals surface area contributed by atoms with Gasteiger partial charge in [-0.1, -0.05) is 6.92 Å². The Bertz CT molecular complexity index is 431. The van der Waals surface area contributed by atoms with Gasteiger partial charge in [0.25, 0.3) is 5.91 Å². The second-order valence-corrected chi connectivity index (χ2v) is 4.43. The molecule has 2 N–H and O–H groups in total. The van der Waals surface area contributed by atoms with Gasteiger partial charge in [0.05, 0.1) is 11.9 Å². The van der Waals surface area contributed by atoms with E-state index in [1.165, 1.54) is 12.4 Å². The van der Waals surface area contributed by atoms with Crippen molar-refractivity contribution in [2.45, 2.75) is 39.7 Å². The number of hydrogen-bond acceptors (Lipinski definition) is 4. The number of hydrogen-bond donors (Lipinski definition) is 2. The van der Waals surface area contributed by atoms with Crippen molar-refractivity contribution in [2.24, 2.45) is 0 Å². The minimum Gasteiger partial charge on any atom is -0.354 e. The number of carbonyl (C=O) groups excluding carboxylic acids is 2. The van der Waals surface area contributed by atoms with E-state index in [0.717, 1.165) is 12.1 Å². The molecule has 2 amide bonds. The van der Waals surface area contributed by atoms with Crippen LogP contribution in [0.25, 0.3) is 0 Å². The Kier molecular flexibility index (Phi) is 5.92. The molecule has 0 saturated heterocycles. The van der Waals surface area contributed by atoms with Crippen LogP contribution < -0.4 is 10.6 Å². The quantitative estimate of drug-likeness (QED) is 0.796. The number of aromatic nitrogens is 2. The summed E-state index contributed by atoms with van der Waals surface area (Å²) in [5.41, 5.74) is 1.01. The lowest BCUT2D eigenvalue weighted by Crippen LogP contribution is -2.35. The molecule has 0 aliphatic heterocycles. The van der Waals surface area contributed by atoms with E-state index in [4.69, 9.17) is 0 Å². The van der Waals surface area contributed by atoms with Crippen LogP contribution in [0, 0.1) is 6.92 Å². The van der Waals surface area contributed by atoms with Gasteiger partial charge < -0.3 is 10.6 Å². The standard InChI is InChI=1S/C13H20N4O2/c1-4-9(2)17-12(18)5-6-14-13(19)11-8-15-10(3)7-16-11/h7-9H,4-6H2,1-3H3,(H,14,19)(H,17,18). The van der Waals surface area contributed by atoms with Crippen molar-refractivity contribution in [1.29, 1.82) is 0 Å². The van der Waals surface area contributed by atoms with Crippen molar-refractivity contribution in [3.63, 3.8) is 0 Å². The van der Waals surface area contributed by atoms with Gasteiger partial charge in [0.15, 0.2) is 0 Å². The highest BCUT2D eigenvalue weighted by atomic mass is 16.2. The molecule has 6 heteroatoms. The van der Waals surface area contributed by atoms with Crippen molar-refractivity contribution in [3.8, 4) is 0 Å². The normalized spacial score (nSPS) is 11.7. The van der Waals surface area contributed by atoms with E-state index in [2.05, 4.69) is 20.6 Å². The summed E-state index contributed by atoms with van der Waals surface area (Å²) in [5, 5.41) is 5.47. The fourth-order valence-electron chi connectivity index (χ4n) is 1.34. The van der Waals surface area contributed by atoms with Crippen molar-refractivity contribution in [1.82, 2.24) is 20.6 Å². The molecule has 0 fully saturated rings. The summed E-state index contributed by atoms with van der Waals surface area (Å²) >= 11 is 0. The van der Waals surface area contributed by atoms with Crippen molar-refractivity contribution in [2.75, 3.05) is 6.54 Å². The summed E-state index contributed by atoms with van der Waals surface area (Å²) in [6.45, 7) is 6.03. The Labute approximate surface area is 113 Å². The molecule has 104 valence electrons. The molecule has 1 aromatic heterocycles. The maximum Gasteiger partial charge on any atom is 0.271 e. The van der Waals surface area contributed by atoms with Gasteiger partial charge in [0.2, 0.25) is 5.91 Å². The van der Waals surface area contributed by atoms with Gasteiger partial charge in [-0.15, -0.1) is 0 Å². The lowest BCUT2D eigenvalue weighted by atomic mass is 10.2. The molecule has 1 rings (SSSR count). The van der Waals surface area contributed by atoms with E-state index in [0.29, 0.717) is 0 Å². The van der Waals surface area contributed by atoms with Crippen molar-refractivity contribution >= 4 is 11.8 Å². The molecule has 0 aromatic carbocycles. The fourth-order valence-corrected chi connectivity index (χ4v) is 1.34. The lowest BCUT2D eigenvalue weighted by molar-refractivity contribution is -0.121. The summed E-state index contributed by atoms with van der Waals surface area (Å²) < 4.78 is 0. The van der Waals surface area contributed by atoms with E-state index in [1.54, 1.807) is 6.92 Å². The maximum atomic E-state index is 11.7. The predicted octanol–water partition coefficient (Wildman–Crippen LogP) is 0.820. The number of aryl methyl sites for hydroxylation is 1. The number of amides is 2. The molecule has 1 heterocycles. The largest absolute Gasteiger partial charge is 0.354 e.